The zero-order valence-corrected chi connectivity index (χ0v) is 18.0. The van der Waals surface area contributed by atoms with E-state index in [0.29, 0.717) is 19.0 Å². The maximum Gasteiger partial charge on any atom is 0.133 e. The van der Waals surface area contributed by atoms with Crippen LogP contribution in [-0.4, -0.2) is 68.4 Å². The van der Waals surface area contributed by atoms with Gasteiger partial charge < -0.3 is 25.4 Å². The van der Waals surface area contributed by atoms with Gasteiger partial charge in [0.15, 0.2) is 0 Å². The Morgan fingerprint density at radius 2 is 2.14 bits per heavy atom. The van der Waals surface area contributed by atoms with Crippen molar-refractivity contribution in [3.8, 4) is 5.75 Å². The highest BCUT2D eigenvalue weighted by Crippen LogP contribution is 2.42. The van der Waals surface area contributed by atoms with Gasteiger partial charge in [-0.15, -0.1) is 0 Å². The molecule has 1 saturated heterocycles. The number of hydrogen-bond acceptors (Lipinski definition) is 7. The molecule has 4 atom stereocenters. The first kappa shape index (κ1) is 20.6. The van der Waals surface area contributed by atoms with E-state index in [1.807, 2.05) is 14.1 Å². The summed E-state index contributed by atoms with van der Waals surface area (Å²) in [7, 11) is 4.04. The van der Waals surface area contributed by atoms with Crippen molar-refractivity contribution in [3.63, 3.8) is 0 Å². The van der Waals surface area contributed by atoms with E-state index >= 15 is 0 Å². The quantitative estimate of drug-likeness (QED) is 0.519. The first-order valence-corrected chi connectivity index (χ1v) is 10.8. The van der Waals surface area contributed by atoms with E-state index in [1.54, 1.807) is 0 Å². The molecule has 3 unspecified atom stereocenters. The van der Waals surface area contributed by atoms with Gasteiger partial charge in [0.1, 0.15) is 12.0 Å². The maximum absolute atomic E-state index is 10.5. The summed E-state index contributed by atoms with van der Waals surface area (Å²) in [4.78, 5) is 2.16. The van der Waals surface area contributed by atoms with Crippen molar-refractivity contribution in [2.75, 3.05) is 39.1 Å². The second-order valence-corrected chi connectivity index (χ2v) is 8.71. The average molecular weight is 402 g/mol. The molecule has 3 aliphatic heterocycles. The minimum Gasteiger partial charge on any atom is -0.492 e. The minimum atomic E-state index is -0.360. The van der Waals surface area contributed by atoms with Crippen LogP contribution in [0.2, 0.25) is 0 Å². The van der Waals surface area contributed by atoms with Crippen LogP contribution in [0.1, 0.15) is 36.5 Å². The van der Waals surface area contributed by atoms with Crippen LogP contribution < -0.4 is 26.0 Å². The van der Waals surface area contributed by atoms with Gasteiger partial charge in [0, 0.05) is 48.8 Å². The van der Waals surface area contributed by atoms with Gasteiger partial charge in [0.2, 0.25) is 0 Å². The third-order valence-electron chi connectivity index (χ3n) is 6.24. The van der Waals surface area contributed by atoms with Crippen LogP contribution in [0, 0.1) is 6.92 Å². The predicted molar refractivity (Wildman–Crippen MR) is 117 cm³/mol. The number of likely N-dealkylation sites (N-methyl/N-ethyl adjacent to an activating group) is 1. The van der Waals surface area contributed by atoms with Crippen LogP contribution in [0.3, 0.4) is 0 Å². The van der Waals surface area contributed by atoms with Crippen molar-refractivity contribution in [1.29, 1.82) is 0 Å². The summed E-state index contributed by atoms with van der Waals surface area (Å²) >= 11 is 0. The number of aliphatic hydroxyl groups is 1. The number of anilines is 1. The molecule has 0 amide bonds. The lowest BCUT2D eigenvalue weighted by Gasteiger charge is -2.37. The van der Waals surface area contributed by atoms with Gasteiger partial charge in [-0.1, -0.05) is 6.08 Å². The lowest BCUT2D eigenvalue weighted by Crippen LogP contribution is -2.63. The molecule has 7 nitrogen and oxygen atoms in total. The second kappa shape index (κ2) is 8.62. The Bertz CT molecular complexity index is 781. The SMILES string of the molecule is CNC1CC(C)NC(Nc2cc3c(c(C4=CCN(C)C[C@@H](O)C4)c2C)OCC3)N1. The summed E-state index contributed by atoms with van der Waals surface area (Å²) in [6.45, 7) is 6.62. The molecule has 0 saturated carbocycles. The zero-order chi connectivity index (χ0) is 20.5. The van der Waals surface area contributed by atoms with Crippen LogP contribution >= 0.6 is 0 Å². The van der Waals surface area contributed by atoms with Gasteiger partial charge in [0.25, 0.3) is 0 Å². The van der Waals surface area contributed by atoms with Crippen molar-refractivity contribution in [3.05, 3.63) is 28.8 Å². The Kier molecular flexibility index (Phi) is 6.13. The van der Waals surface area contributed by atoms with Crippen LogP contribution in [0.15, 0.2) is 12.1 Å². The summed E-state index contributed by atoms with van der Waals surface area (Å²) in [5, 5.41) is 24.6. The van der Waals surface area contributed by atoms with E-state index in [9.17, 15) is 5.11 Å². The van der Waals surface area contributed by atoms with Crippen molar-refractivity contribution in [2.45, 2.75) is 57.7 Å². The smallest absolute Gasteiger partial charge is 0.133 e. The number of aliphatic hydroxyl groups excluding tert-OH is 1. The second-order valence-electron chi connectivity index (χ2n) is 8.71. The minimum absolute atomic E-state index is 0.0111. The lowest BCUT2D eigenvalue weighted by molar-refractivity contribution is 0.139. The average Bonchev–Trinajstić information content (AvgIpc) is 3.06. The Labute approximate surface area is 173 Å². The fraction of sp³-hybridized carbons (Fsp3) is 0.636. The number of ether oxygens (including phenoxy) is 1. The number of benzene rings is 1. The number of fused-ring (bicyclic) bond motifs is 1. The summed E-state index contributed by atoms with van der Waals surface area (Å²) < 4.78 is 6.06. The number of β-amino-alcohol motifs (C(OH)–C–C–N with tert-alkyl or cyclic N) is 1. The molecule has 0 radical (unpaired) electrons. The maximum atomic E-state index is 10.5. The molecule has 7 heteroatoms. The van der Waals surface area contributed by atoms with Crippen molar-refractivity contribution < 1.29 is 9.84 Å². The van der Waals surface area contributed by atoms with Gasteiger partial charge in [-0.05, 0) is 51.6 Å². The molecule has 3 aliphatic rings. The molecular formula is C22H35N5O2. The zero-order valence-electron chi connectivity index (χ0n) is 18.0. The number of rotatable bonds is 4. The number of hydrogen-bond donors (Lipinski definition) is 5. The van der Waals surface area contributed by atoms with Gasteiger partial charge >= 0.3 is 0 Å². The molecular weight excluding hydrogens is 366 g/mol. The third-order valence-corrected chi connectivity index (χ3v) is 6.24. The highest BCUT2D eigenvalue weighted by molar-refractivity contribution is 5.80. The number of nitrogens with zero attached hydrogens (tertiary/aromatic N) is 1. The molecule has 0 aliphatic carbocycles. The molecule has 1 aromatic rings. The van der Waals surface area contributed by atoms with Crippen molar-refractivity contribution >= 4 is 11.3 Å². The molecule has 160 valence electrons. The Balaban J connectivity index is 1.67. The topological polar surface area (TPSA) is 80.8 Å². The molecule has 29 heavy (non-hydrogen) atoms. The van der Waals surface area contributed by atoms with Crippen molar-refractivity contribution in [2.24, 2.45) is 0 Å². The van der Waals surface area contributed by atoms with E-state index in [1.165, 1.54) is 16.7 Å². The van der Waals surface area contributed by atoms with Crippen molar-refractivity contribution in [1.82, 2.24) is 20.9 Å². The largest absolute Gasteiger partial charge is 0.492 e. The fourth-order valence-corrected chi connectivity index (χ4v) is 4.73. The summed E-state index contributed by atoms with van der Waals surface area (Å²) in [6.07, 6.45) is 4.77. The summed E-state index contributed by atoms with van der Waals surface area (Å²) in [5.41, 5.74) is 5.89. The molecule has 1 fully saturated rings. The first-order chi connectivity index (χ1) is 13.9. The van der Waals surface area contributed by atoms with Gasteiger partial charge in [-0.3, -0.25) is 10.6 Å². The van der Waals surface area contributed by atoms with E-state index < -0.39 is 0 Å². The molecule has 0 bridgehead atoms. The van der Waals surface area contributed by atoms with Crippen LogP contribution in [-0.2, 0) is 6.42 Å². The lowest BCUT2D eigenvalue weighted by atomic mass is 9.91. The Morgan fingerprint density at radius 1 is 1.31 bits per heavy atom. The van der Waals surface area contributed by atoms with E-state index in [0.717, 1.165) is 43.0 Å². The summed E-state index contributed by atoms with van der Waals surface area (Å²) in [5.74, 6) is 1.00. The van der Waals surface area contributed by atoms with Crippen LogP contribution in [0.25, 0.3) is 5.57 Å². The van der Waals surface area contributed by atoms with Gasteiger partial charge in [0.05, 0.1) is 18.9 Å². The Hall–Kier alpha value is -1.64. The highest BCUT2D eigenvalue weighted by Gasteiger charge is 2.28. The molecule has 4 rings (SSSR count). The van der Waals surface area contributed by atoms with Crippen LogP contribution in [0.5, 0.6) is 5.75 Å². The first-order valence-electron chi connectivity index (χ1n) is 10.8. The predicted octanol–water partition coefficient (Wildman–Crippen LogP) is 1.22. The Morgan fingerprint density at radius 3 is 2.93 bits per heavy atom. The molecule has 3 heterocycles. The van der Waals surface area contributed by atoms with Crippen LogP contribution in [0.4, 0.5) is 5.69 Å². The van der Waals surface area contributed by atoms with E-state index in [-0.39, 0.29) is 18.6 Å². The van der Waals surface area contributed by atoms with E-state index in [2.05, 4.69) is 52.2 Å². The third kappa shape index (κ3) is 4.44. The fourth-order valence-electron chi connectivity index (χ4n) is 4.73. The highest BCUT2D eigenvalue weighted by atomic mass is 16.5. The van der Waals surface area contributed by atoms with Gasteiger partial charge in [-0.2, -0.15) is 0 Å². The molecule has 0 aromatic heterocycles. The number of nitrogens with one attached hydrogen (secondary N) is 4. The molecule has 5 N–H and O–H groups in total. The monoisotopic (exact) mass is 401 g/mol. The standard InChI is InChI=1S/C22H35N5O2/c1-13-9-19(23-3)26-22(24-13)25-18-11-16-6-8-29-21(16)20(14(18)2)15-5-7-27(4)12-17(28)10-15/h5,11,13,17,19,22-26,28H,6-10,12H2,1-4H3/t13?,17-,19?,22?/m0/s1. The van der Waals surface area contributed by atoms with E-state index in [4.69, 9.17) is 4.74 Å². The molecule has 1 aromatic carbocycles. The van der Waals surface area contributed by atoms with Gasteiger partial charge in [-0.25, -0.2) is 0 Å². The molecule has 0 spiro atoms. The summed E-state index contributed by atoms with van der Waals surface area (Å²) in [6, 6.07) is 2.65. The normalized spacial score (nSPS) is 30.3.